The highest BCUT2D eigenvalue weighted by Gasteiger charge is 2.10. The van der Waals surface area contributed by atoms with E-state index in [0.717, 1.165) is 27.8 Å². The van der Waals surface area contributed by atoms with E-state index in [1.807, 2.05) is 62.3 Å². The van der Waals surface area contributed by atoms with Crippen LogP contribution in [0.3, 0.4) is 0 Å². The Labute approximate surface area is 186 Å². The van der Waals surface area contributed by atoms with E-state index in [4.69, 9.17) is 0 Å². The van der Waals surface area contributed by atoms with Crippen molar-refractivity contribution >= 4 is 34.3 Å². The molecule has 1 amide bonds. The third kappa shape index (κ3) is 4.83. The van der Waals surface area contributed by atoms with Crippen molar-refractivity contribution in [3.8, 4) is 0 Å². The maximum Gasteiger partial charge on any atom is 0.255 e. The maximum atomic E-state index is 13.0. The number of carbonyl (C=O) groups excluding carboxylic acids is 1. The molecule has 4 rings (SSSR count). The summed E-state index contributed by atoms with van der Waals surface area (Å²) in [6, 6.07) is 19.1. The Hall–Kier alpha value is -4.00. The number of anilines is 3. The Bertz CT molecular complexity index is 1250. The van der Waals surface area contributed by atoms with Crippen LogP contribution in [0.5, 0.6) is 0 Å². The van der Waals surface area contributed by atoms with Crippen molar-refractivity contribution in [1.82, 2.24) is 9.97 Å². The van der Waals surface area contributed by atoms with Gasteiger partial charge in [-0.15, -0.1) is 0 Å². The van der Waals surface area contributed by atoms with Crippen LogP contribution in [0, 0.1) is 12.7 Å². The van der Waals surface area contributed by atoms with Gasteiger partial charge in [0.1, 0.15) is 11.6 Å². The molecule has 0 saturated heterocycles. The number of nitrogens with zero attached hydrogens (tertiary/aromatic N) is 3. The van der Waals surface area contributed by atoms with Gasteiger partial charge >= 0.3 is 0 Å². The molecule has 0 aliphatic heterocycles. The van der Waals surface area contributed by atoms with Gasteiger partial charge in [-0.3, -0.25) is 4.79 Å². The van der Waals surface area contributed by atoms with Crippen molar-refractivity contribution < 1.29 is 9.18 Å². The number of amides is 1. The number of nitrogens with one attached hydrogen (secondary N) is 2. The van der Waals surface area contributed by atoms with Gasteiger partial charge in [-0.1, -0.05) is 23.8 Å². The standard InChI is InChI=1S/C25H24FN5O/c1-16-4-13-22-21(14-16)23(30-25(29-22)31(2)3)27-15-17-5-11-20(12-6-17)28-24(32)18-7-9-19(26)10-8-18/h4-14H,15H2,1-3H3,(H,28,32)(H,27,29,30). The molecule has 4 aromatic rings. The summed E-state index contributed by atoms with van der Waals surface area (Å²) in [5.41, 5.74) is 4.13. The summed E-state index contributed by atoms with van der Waals surface area (Å²) >= 11 is 0. The molecule has 2 N–H and O–H groups in total. The molecule has 0 radical (unpaired) electrons. The monoisotopic (exact) mass is 429 g/mol. The van der Waals surface area contributed by atoms with Crippen LogP contribution in [0.25, 0.3) is 10.9 Å². The van der Waals surface area contributed by atoms with Crippen LogP contribution < -0.4 is 15.5 Å². The number of hydrogen-bond acceptors (Lipinski definition) is 5. The van der Waals surface area contributed by atoms with E-state index in [1.54, 1.807) is 0 Å². The van der Waals surface area contributed by atoms with Gasteiger partial charge in [0.2, 0.25) is 5.95 Å². The Balaban J connectivity index is 1.47. The van der Waals surface area contributed by atoms with E-state index >= 15 is 0 Å². The number of hydrogen-bond donors (Lipinski definition) is 2. The van der Waals surface area contributed by atoms with Crippen molar-refractivity contribution in [2.75, 3.05) is 29.6 Å². The zero-order valence-corrected chi connectivity index (χ0v) is 18.2. The Morgan fingerprint density at radius 2 is 1.69 bits per heavy atom. The molecule has 0 bridgehead atoms. The van der Waals surface area contributed by atoms with Crippen LogP contribution in [0.1, 0.15) is 21.5 Å². The van der Waals surface area contributed by atoms with Crippen LogP contribution in [-0.2, 0) is 6.54 Å². The first-order valence-corrected chi connectivity index (χ1v) is 10.2. The topological polar surface area (TPSA) is 70.2 Å². The second-order valence-corrected chi connectivity index (χ2v) is 7.80. The molecule has 0 unspecified atom stereocenters. The number of fused-ring (bicyclic) bond motifs is 1. The third-order valence-electron chi connectivity index (χ3n) is 5.02. The number of halogens is 1. The summed E-state index contributed by atoms with van der Waals surface area (Å²) in [5, 5.41) is 7.21. The minimum absolute atomic E-state index is 0.282. The van der Waals surface area contributed by atoms with Crippen molar-refractivity contribution in [3.05, 3.63) is 89.2 Å². The lowest BCUT2D eigenvalue weighted by atomic mass is 10.1. The molecule has 0 fully saturated rings. The quantitative estimate of drug-likeness (QED) is 0.451. The summed E-state index contributed by atoms with van der Waals surface area (Å²) in [6.07, 6.45) is 0. The van der Waals surface area contributed by atoms with E-state index in [9.17, 15) is 9.18 Å². The first-order chi connectivity index (χ1) is 15.4. The zero-order valence-electron chi connectivity index (χ0n) is 18.2. The minimum Gasteiger partial charge on any atom is -0.365 e. The average molecular weight is 429 g/mol. The van der Waals surface area contributed by atoms with Gasteiger partial charge < -0.3 is 15.5 Å². The second-order valence-electron chi connectivity index (χ2n) is 7.80. The minimum atomic E-state index is -0.372. The first kappa shape index (κ1) is 21.2. The Morgan fingerprint density at radius 1 is 0.969 bits per heavy atom. The summed E-state index contributed by atoms with van der Waals surface area (Å²) < 4.78 is 13.0. The fourth-order valence-electron chi connectivity index (χ4n) is 3.26. The molecule has 7 heteroatoms. The zero-order chi connectivity index (χ0) is 22.7. The molecule has 0 aliphatic rings. The van der Waals surface area contributed by atoms with Crippen molar-refractivity contribution in [1.29, 1.82) is 0 Å². The Kier molecular flexibility index (Phi) is 5.98. The molecular weight excluding hydrogens is 405 g/mol. The lowest BCUT2D eigenvalue weighted by Gasteiger charge is -2.15. The maximum absolute atomic E-state index is 13.0. The molecule has 6 nitrogen and oxygen atoms in total. The van der Waals surface area contributed by atoms with Crippen LogP contribution in [0.4, 0.5) is 21.8 Å². The van der Waals surface area contributed by atoms with Crippen LogP contribution in [0.2, 0.25) is 0 Å². The van der Waals surface area contributed by atoms with E-state index in [1.165, 1.54) is 24.3 Å². The average Bonchev–Trinajstić information content (AvgIpc) is 2.78. The molecule has 1 heterocycles. The lowest BCUT2D eigenvalue weighted by Crippen LogP contribution is -2.14. The highest BCUT2D eigenvalue weighted by Crippen LogP contribution is 2.25. The predicted octanol–water partition coefficient (Wildman–Crippen LogP) is 5.01. The van der Waals surface area contributed by atoms with Gasteiger partial charge in [0, 0.05) is 37.3 Å². The number of aryl methyl sites for hydroxylation is 1. The molecule has 0 aliphatic carbocycles. The second kappa shape index (κ2) is 9.01. The van der Waals surface area contributed by atoms with Gasteiger partial charge in [-0.2, -0.15) is 4.98 Å². The molecule has 0 saturated carbocycles. The van der Waals surface area contributed by atoms with Gasteiger partial charge in [0.15, 0.2) is 0 Å². The fraction of sp³-hybridized carbons (Fsp3) is 0.160. The largest absolute Gasteiger partial charge is 0.365 e. The molecule has 0 atom stereocenters. The Morgan fingerprint density at radius 3 is 2.38 bits per heavy atom. The molecule has 3 aromatic carbocycles. The molecule has 162 valence electrons. The number of aromatic nitrogens is 2. The predicted molar refractivity (Wildman–Crippen MR) is 127 cm³/mol. The smallest absolute Gasteiger partial charge is 0.255 e. The summed E-state index contributed by atoms with van der Waals surface area (Å²) in [5.74, 6) is 0.761. The van der Waals surface area contributed by atoms with Gasteiger partial charge in [0.05, 0.1) is 5.52 Å². The summed E-state index contributed by atoms with van der Waals surface area (Å²) in [4.78, 5) is 23.5. The number of benzene rings is 3. The molecular formula is C25H24FN5O. The van der Waals surface area contributed by atoms with E-state index in [-0.39, 0.29) is 11.7 Å². The van der Waals surface area contributed by atoms with Crippen molar-refractivity contribution in [3.63, 3.8) is 0 Å². The highest BCUT2D eigenvalue weighted by atomic mass is 19.1. The highest BCUT2D eigenvalue weighted by molar-refractivity contribution is 6.04. The third-order valence-corrected chi connectivity index (χ3v) is 5.02. The molecule has 0 spiro atoms. The molecule has 1 aromatic heterocycles. The van der Waals surface area contributed by atoms with E-state index in [2.05, 4.69) is 26.7 Å². The summed E-state index contributed by atoms with van der Waals surface area (Å²) in [6.45, 7) is 2.61. The van der Waals surface area contributed by atoms with E-state index < -0.39 is 0 Å². The van der Waals surface area contributed by atoms with Crippen LogP contribution >= 0.6 is 0 Å². The van der Waals surface area contributed by atoms with Crippen LogP contribution in [0.15, 0.2) is 66.7 Å². The molecule has 32 heavy (non-hydrogen) atoms. The number of carbonyl (C=O) groups is 1. The van der Waals surface area contributed by atoms with Gasteiger partial charge in [0.25, 0.3) is 5.91 Å². The van der Waals surface area contributed by atoms with Crippen molar-refractivity contribution in [2.24, 2.45) is 0 Å². The van der Waals surface area contributed by atoms with E-state index in [0.29, 0.717) is 23.7 Å². The lowest BCUT2D eigenvalue weighted by molar-refractivity contribution is 0.102. The van der Waals surface area contributed by atoms with Gasteiger partial charge in [-0.25, -0.2) is 9.37 Å². The summed E-state index contributed by atoms with van der Waals surface area (Å²) in [7, 11) is 3.83. The van der Waals surface area contributed by atoms with Gasteiger partial charge in [-0.05, 0) is 61.0 Å². The SMILES string of the molecule is Cc1ccc2nc(N(C)C)nc(NCc3ccc(NC(=O)c4ccc(F)cc4)cc3)c2c1. The van der Waals surface area contributed by atoms with Crippen LogP contribution in [-0.4, -0.2) is 30.0 Å². The number of rotatable bonds is 6. The van der Waals surface area contributed by atoms with Crippen molar-refractivity contribution in [2.45, 2.75) is 13.5 Å². The fourth-order valence-corrected chi connectivity index (χ4v) is 3.26. The first-order valence-electron chi connectivity index (χ1n) is 10.2. The normalized spacial score (nSPS) is 10.8.